The molecule has 3 nitrogen and oxygen atoms in total. The Balaban J connectivity index is 2.39. The average Bonchev–Trinajstić information content (AvgIpc) is 2.38. The second kappa shape index (κ2) is 6.13. The number of thioether (sulfide) groups is 1. The second-order valence-corrected chi connectivity index (χ2v) is 5.05. The Morgan fingerprint density at radius 3 is 2.67 bits per heavy atom. The SMILES string of the molecule is COCc1cc(=S)nc(-c2ccc(SC)cc2)[nH]1. The molecule has 0 aliphatic rings. The molecule has 18 heavy (non-hydrogen) atoms. The Morgan fingerprint density at radius 1 is 1.33 bits per heavy atom. The lowest BCUT2D eigenvalue weighted by Gasteiger charge is -2.06. The molecule has 0 atom stereocenters. The van der Waals surface area contributed by atoms with Gasteiger partial charge in [0.2, 0.25) is 0 Å². The molecule has 94 valence electrons. The van der Waals surface area contributed by atoms with E-state index in [9.17, 15) is 0 Å². The number of hydrogen-bond acceptors (Lipinski definition) is 4. The summed E-state index contributed by atoms with van der Waals surface area (Å²) in [6.07, 6.45) is 2.06. The summed E-state index contributed by atoms with van der Waals surface area (Å²) in [5.41, 5.74) is 1.96. The highest BCUT2D eigenvalue weighted by molar-refractivity contribution is 7.98. The van der Waals surface area contributed by atoms with Crippen LogP contribution < -0.4 is 0 Å². The zero-order chi connectivity index (χ0) is 13.0. The summed E-state index contributed by atoms with van der Waals surface area (Å²) in [6.45, 7) is 0.502. The van der Waals surface area contributed by atoms with E-state index in [1.807, 2.05) is 18.2 Å². The van der Waals surface area contributed by atoms with Gasteiger partial charge in [-0.2, -0.15) is 0 Å². The molecule has 0 saturated carbocycles. The van der Waals surface area contributed by atoms with Gasteiger partial charge in [0.1, 0.15) is 10.5 Å². The van der Waals surface area contributed by atoms with E-state index in [1.165, 1.54) is 4.90 Å². The molecule has 1 aromatic heterocycles. The van der Waals surface area contributed by atoms with Crippen molar-refractivity contribution in [3.05, 3.63) is 40.7 Å². The van der Waals surface area contributed by atoms with Gasteiger partial charge in [-0.1, -0.05) is 24.4 Å². The van der Waals surface area contributed by atoms with E-state index in [4.69, 9.17) is 17.0 Å². The third-order valence-corrected chi connectivity index (χ3v) is 3.41. The van der Waals surface area contributed by atoms with Crippen molar-refractivity contribution >= 4 is 24.0 Å². The Hall–Kier alpha value is -1.17. The third kappa shape index (κ3) is 3.19. The van der Waals surface area contributed by atoms with Crippen LogP contribution in [0.25, 0.3) is 11.4 Å². The number of aromatic nitrogens is 2. The molecule has 0 saturated heterocycles. The number of benzene rings is 1. The van der Waals surface area contributed by atoms with Gasteiger partial charge in [-0.3, -0.25) is 0 Å². The predicted octanol–water partition coefficient (Wildman–Crippen LogP) is 3.67. The zero-order valence-electron chi connectivity index (χ0n) is 10.3. The van der Waals surface area contributed by atoms with Crippen LogP contribution in [0.1, 0.15) is 5.69 Å². The van der Waals surface area contributed by atoms with E-state index in [-0.39, 0.29) is 0 Å². The van der Waals surface area contributed by atoms with Crippen molar-refractivity contribution in [3.63, 3.8) is 0 Å². The van der Waals surface area contributed by atoms with E-state index in [0.717, 1.165) is 17.1 Å². The monoisotopic (exact) mass is 278 g/mol. The maximum atomic E-state index is 5.16. The lowest BCUT2D eigenvalue weighted by Crippen LogP contribution is -1.97. The summed E-state index contributed by atoms with van der Waals surface area (Å²) >= 11 is 6.88. The maximum absolute atomic E-state index is 5.16. The molecule has 0 aliphatic heterocycles. The largest absolute Gasteiger partial charge is 0.378 e. The van der Waals surface area contributed by atoms with E-state index in [0.29, 0.717) is 11.2 Å². The van der Waals surface area contributed by atoms with Gasteiger partial charge in [-0.15, -0.1) is 11.8 Å². The fraction of sp³-hybridized carbons (Fsp3) is 0.231. The first-order valence-corrected chi connectivity index (χ1v) is 7.10. The molecule has 2 aromatic rings. The van der Waals surface area contributed by atoms with E-state index in [1.54, 1.807) is 18.9 Å². The van der Waals surface area contributed by atoms with Crippen LogP contribution in [0.2, 0.25) is 0 Å². The highest BCUT2D eigenvalue weighted by Crippen LogP contribution is 2.20. The van der Waals surface area contributed by atoms with Crippen molar-refractivity contribution in [1.82, 2.24) is 9.97 Å². The van der Waals surface area contributed by atoms with Crippen molar-refractivity contribution in [1.29, 1.82) is 0 Å². The molecule has 0 aliphatic carbocycles. The number of methoxy groups -OCH3 is 1. The van der Waals surface area contributed by atoms with Crippen molar-refractivity contribution in [3.8, 4) is 11.4 Å². The van der Waals surface area contributed by atoms with Gasteiger partial charge in [-0.05, 0) is 24.5 Å². The molecule has 0 bridgehead atoms. The molecule has 1 N–H and O–H groups in total. The number of ether oxygens (including phenoxy) is 1. The Kier molecular flexibility index (Phi) is 4.52. The van der Waals surface area contributed by atoms with Crippen molar-refractivity contribution < 1.29 is 4.74 Å². The van der Waals surface area contributed by atoms with Crippen molar-refractivity contribution in [2.45, 2.75) is 11.5 Å². The normalized spacial score (nSPS) is 10.6. The summed E-state index contributed by atoms with van der Waals surface area (Å²) < 4.78 is 5.68. The molecule has 0 fully saturated rings. The molecule has 0 spiro atoms. The van der Waals surface area contributed by atoms with Crippen LogP contribution in [-0.2, 0) is 11.3 Å². The summed E-state index contributed by atoms with van der Waals surface area (Å²) in [5, 5.41) is 0. The first-order valence-electron chi connectivity index (χ1n) is 5.46. The van der Waals surface area contributed by atoms with Gasteiger partial charge in [0.15, 0.2) is 0 Å². The molecule has 1 heterocycles. The van der Waals surface area contributed by atoms with Crippen molar-refractivity contribution in [2.75, 3.05) is 13.4 Å². The lowest BCUT2D eigenvalue weighted by atomic mass is 10.2. The number of nitrogens with zero attached hydrogens (tertiary/aromatic N) is 1. The second-order valence-electron chi connectivity index (χ2n) is 3.75. The fourth-order valence-electron chi connectivity index (χ4n) is 1.63. The highest BCUT2D eigenvalue weighted by Gasteiger charge is 2.02. The molecule has 2 rings (SSSR count). The fourth-order valence-corrected chi connectivity index (χ4v) is 2.27. The Morgan fingerprint density at radius 2 is 2.06 bits per heavy atom. The van der Waals surface area contributed by atoms with Gasteiger partial charge in [0.05, 0.1) is 6.61 Å². The van der Waals surface area contributed by atoms with Crippen LogP contribution in [0.3, 0.4) is 0 Å². The number of hydrogen-bond donors (Lipinski definition) is 1. The molecular formula is C13H14N2OS2. The summed E-state index contributed by atoms with van der Waals surface area (Å²) in [5.74, 6) is 0.780. The van der Waals surface area contributed by atoms with Crippen molar-refractivity contribution in [2.24, 2.45) is 0 Å². The molecule has 5 heteroatoms. The first kappa shape index (κ1) is 13.3. The van der Waals surface area contributed by atoms with Gasteiger partial charge in [0, 0.05) is 23.3 Å². The Labute approximate surface area is 116 Å². The quantitative estimate of drug-likeness (QED) is 0.684. The van der Waals surface area contributed by atoms with Gasteiger partial charge in [-0.25, -0.2) is 4.98 Å². The van der Waals surface area contributed by atoms with Gasteiger partial charge in [0.25, 0.3) is 0 Å². The minimum atomic E-state index is 0.502. The standard InChI is InChI=1S/C13H14N2OS2/c1-16-8-10-7-12(17)15-13(14-10)9-3-5-11(18-2)6-4-9/h3-7H,8H2,1-2H3,(H,14,15,17). The third-order valence-electron chi connectivity index (χ3n) is 2.46. The number of rotatable bonds is 4. The van der Waals surface area contributed by atoms with Crippen LogP contribution in [0.4, 0.5) is 0 Å². The number of H-pyrrole nitrogens is 1. The minimum Gasteiger partial charge on any atom is -0.378 e. The van der Waals surface area contributed by atoms with Gasteiger partial charge >= 0.3 is 0 Å². The van der Waals surface area contributed by atoms with Crippen LogP contribution in [0.5, 0.6) is 0 Å². The molecule has 0 radical (unpaired) electrons. The van der Waals surface area contributed by atoms with Gasteiger partial charge < -0.3 is 9.72 Å². The number of aromatic amines is 1. The van der Waals surface area contributed by atoms with E-state index >= 15 is 0 Å². The predicted molar refractivity (Wildman–Crippen MR) is 77.4 cm³/mol. The number of nitrogens with one attached hydrogen (secondary N) is 1. The Bertz CT molecular complexity index is 578. The minimum absolute atomic E-state index is 0.502. The summed E-state index contributed by atoms with van der Waals surface area (Å²) in [4.78, 5) is 8.80. The zero-order valence-corrected chi connectivity index (χ0v) is 11.9. The topological polar surface area (TPSA) is 37.9 Å². The smallest absolute Gasteiger partial charge is 0.139 e. The lowest BCUT2D eigenvalue weighted by molar-refractivity contribution is 0.181. The molecule has 1 aromatic carbocycles. The molecular weight excluding hydrogens is 264 g/mol. The van der Waals surface area contributed by atoms with Crippen LogP contribution in [0.15, 0.2) is 35.2 Å². The van der Waals surface area contributed by atoms with E-state index < -0.39 is 0 Å². The van der Waals surface area contributed by atoms with Crippen LogP contribution >= 0.6 is 24.0 Å². The van der Waals surface area contributed by atoms with E-state index in [2.05, 4.69) is 28.4 Å². The first-order chi connectivity index (χ1) is 8.72. The highest BCUT2D eigenvalue weighted by atomic mass is 32.2. The molecule has 0 unspecified atom stereocenters. The van der Waals surface area contributed by atoms with Crippen LogP contribution in [0, 0.1) is 4.64 Å². The summed E-state index contributed by atoms with van der Waals surface area (Å²) in [7, 11) is 1.66. The maximum Gasteiger partial charge on any atom is 0.139 e. The molecule has 0 amide bonds. The van der Waals surface area contributed by atoms with Crippen LogP contribution in [-0.4, -0.2) is 23.3 Å². The average molecular weight is 278 g/mol. The summed E-state index contributed by atoms with van der Waals surface area (Å²) in [6, 6.07) is 10.0.